The lowest BCUT2D eigenvalue weighted by atomic mass is 10.3. The molecule has 0 aromatic heterocycles. The zero-order valence-corrected chi connectivity index (χ0v) is 9.43. The van der Waals surface area contributed by atoms with E-state index in [1.165, 1.54) is 0 Å². The number of nitrogens with two attached hydrogens (primary N) is 1. The number of alkyl halides is 1. The summed E-state index contributed by atoms with van der Waals surface area (Å²) in [5.41, 5.74) is 6.63. The van der Waals surface area contributed by atoms with Crippen molar-refractivity contribution in [2.24, 2.45) is 5.73 Å². The van der Waals surface area contributed by atoms with Crippen molar-refractivity contribution in [3.8, 4) is 0 Å². The second kappa shape index (κ2) is 6.12. The highest BCUT2D eigenvalue weighted by atomic mass is 35.5. The predicted octanol–water partition coefficient (Wildman–Crippen LogP) is 2.34. The first kappa shape index (κ1) is 11.6. The van der Waals surface area contributed by atoms with Gasteiger partial charge in [-0.05, 0) is 24.3 Å². The van der Waals surface area contributed by atoms with E-state index in [2.05, 4.69) is 4.90 Å². The standard InChI is InChI=1S/C10H14Cl2N2/c11-5-7-14(8-6-13)10-3-1-9(12)2-4-10/h1-4H,5-8,13H2. The lowest BCUT2D eigenvalue weighted by Gasteiger charge is -2.23. The first-order valence-corrected chi connectivity index (χ1v) is 5.45. The smallest absolute Gasteiger partial charge is 0.0407 e. The summed E-state index contributed by atoms with van der Waals surface area (Å²) in [4.78, 5) is 2.14. The van der Waals surface area contributed by atoms with Crippen LogP contribution in [-0.2, 0) is 0 Å². The molecule has 0 spiro atoms. The van der Waals surface area contributed by atoms with Gasteiger partial charge < -0.3 is 10.6 Å². The molecular weight excluding hydrogens is 219 g/mol. The second-order valence-electron chi connectivity index (χ2n) is 2.94. The van der Waals surface area contributed by atoms with Crippen LogP contribution in [0.4, 0.5) is 5.69 Å². The number of anilines is 1. The molecule has 0 unspecified atom stereocenters. The topological polar surface area (TPSA) is 29.3 Å². The maximum atomic E-state index is 5.80. The molecule has 0 aliphatic carbocycles. The highest BCUT2D eigenvalue weighted by Gasteiger charge is 2.03. The SMILES string of the molecule is NCCN(CCCl)c1ccc(Cl)cc1. The molecule has 0 aliphatic heterocycles. The molecule has 1 aromatic rings. The van der Waals surface area contributed by atoms with Gasteiger partial charge in [0.1, 0.15) is 0 Å². The molecular formula is C10H14Cl2N2. The molecule has 0 bridgehead atoms. The molecule has 0 saturated carbocycles. The molecule has 0 heterocycles. The van der Waals surface area contributed by atoms with Crippen LogP contribution in [0.15, 0.2) is 24.3 Å². The molecule has 2 N–H and O–H groups in total. The van der Waals surface area contributed by atoms with Crippen molar-refractivity contribution in [1.82, 2.24) is 0 Å². The minimum absolute atomic E-state index is 0.600. The molecule has 1 rings (SSSR count). The van der Waals surface area contributed by atoms with Crippen LogP contribution in [0.5, 0.6) is 0 Å². The number of hydrogen-bond acceptors (Lipinski definition) is 2. The minimum atomic E-state index is 0.600. The second-order valence-corrected chi connectivity index (χ2v) is 3.76. The highest BCUT2D eigenvalue weighted by Crippen LogP contribution is 2.17. The zero-order chi connectivity index (χ0) is 10.4. The molecule has 0 radical (unpaired) electrons. The number of nitrogens with zero attached hydrogens (tertiary/aromatic N) is 1. The van der Waals surface area contributed by atoms with Crippen molar-refractivity contribution >= 4 is 28.9 Å². The largest absolute Gasteiger partial charge is 0.369 e. The Labute approximate surface area is 94.6 Å². The average Bonchev–Trinajstić information content (AvgIpc) is 2.19. The fourth-order valence-corrected chi connectivity index (χ4v) is 1.61. The van der Waals surface area contributed by atoms with Crippen molar-refractivity contribution in [3.05, 3.63) is 29.3 Å². The van der Waals surface area contributed by atoms with E-state index in [9.17, 15) is 0 Å². The number of benzene rings is 1. The van der Waals surface area contributed by atoms with E-state index in [4.69, 9.17) is 28.9 Å². The summed E-state index contributed by atoms with van der Waals surface area (Å²) in [6, 6.07) is 7.69. The third-order valence-electron chi connectivity index (χ3n) is 1.95. The van der Waals surface area contributed by atoms with Gasteiger partial charge in [0.2, 0.25) is 0 Å². The van der Waals surface area contributed by atoms with Crippen LogP contribution in [0.2, 0.25) is 5.02 Å². The van der Waals surface area contributed by atoms with Gasteiger partial charge in [0, 0.05) is 36.2 Å². The van der Waals surface area contributed by atoms with Gasteiger partial charge >= 0.3 is 0 Å². The lowest BCUT2D eigenvalue weighted by molar-refractivity contribution is 0.820. The van der Waals surface area contributed by atoms with Crippen molar-refractivity contribution in [3.63, 3.8) is 0 Å². The van der Waals surface area contributed by atoms with Gasteiger partial charge in [-0.3, -0.25) is 0 Å². The molecule has 4 heteroatoms. The summed E-state index contributed by atoms with van der Waals surface area (Å²) in [5, 5.41) is 0.743. The molecule has 0 aliphatic rings. The first-order valence-electron chi connectivity index (χ1n) is 4.54. The Kier molecular flexibility index (Phi) is 5.09. The predicted molar refractivity (Wildman–Crippen MR) is 63.4 cm³/mol. The minimum Gasteiger partial charge on any atom is -0.369 e. The van der Waals surface area contributed by atoms with Crippen LogP contribution < -0.4 is 10.6 Å². The van der Waals surface area contributed by atoms with Crippen molar-refractivity contribution in [1.29, 1.82) is 0 Å². The van der Waals surface area contributed by atoms with E-state index in [-0.39, 0.29) is 0 Å². The Hall–Kier alpha value is -0.440. The zero-order valence-electron chi connectivity index (χ0n) is 7.92. The first-order chi connectivity index (χ1) is 6.77. The van der Waals surface area contributed by atoms with E-state index in [0.29, 0.717) is 12.4 Å². The lowest BCUT2D eigenvalue weighted by Crippen LogP contribution is -2.31. The third kappa shape index (κ3) is 3.37. The Balaban J connectivity index is 2.71. The van der Waals surface area contributed by atoms with Crippen LogP contribution >= 0.6 is 23.2 Å². The maximum Gasteiger partial charge on any atom is 0.0407 e. The summed E-state index contributed by atoms with van der Waals surface area (Å²) < 4.78 is 0. The average molecular weight is 233 g/mol. The Morgan fingerprint density at radius 3 is 2.29 bits per heavy atom. The number of halogens is 2. The van der Waals surface area contributed by atoms with Crippen LogP contribution in [0, 0.1) is 0 Å². The van der Waals surface area contributed by atoms with Crippen LogP contribution in [0.1, 0.15) is 0 Å². The van der Waals surface area contributed by atoms with E-state index in [1.807, 2.05) is 24.3 Å². The molecule has 0 fully saturated rings. The van der Waals surface area contributed by atoms with Crippen LogP contribution in [0.25, 0.3) is 0 Å². The third-order valence-corrected chi connectivity index (χ3v) is 2.37. The van der Waals surface area contributed by atoms with Gasteiger partial charge in [0.15, 0.2) is 0 Å². The molecule has 0 atom stereocenters. The summed E-state index contributed by atoms with van der Waals surface area (Å²) in [6.45, 7) is 2.24. The van der Waals surface area contributed by atoms with Crippen LogP contribution in [-0.4, -0.2) is 25.5 Å². The van der Waals surface area contributed by atoms with Crippen molar-refractivity contribution in [2.45, 2.75) is 0 Å². The molecule has 2 nitrogen and oxygen atoms in total. The molecule has 0 saturated heterocycles. The Bertz CT molecular complexity index is 255. The molecule has 0 amide bonds. The Morgan fingerprint density at radius 2 is 1.79 bits per heavy atom. The summed E-state index contributed by atoms with van der Waals surface area (Å²) >= 11 is 11.5. The van der Waals surface area contributed by atoms with E-state index < -0.39 is 0 Å². The quantitative estimate of drug-likeness (QED) is 0.791. The summed E-state index contributed by atoms with van der Waals surface area (Å²) in [5.74, 6) is 0.600. The van der Waals surface area contributed by atoms with Gasteiger partial charge in [-0.1, -0.05) is 11.6 Å². The van der Waals surface area contributed by atoms with E-state index >= 15 is 0 Å². The highest BCUT2D eigenvalue weighted by molar-refractivity contribution is 6.30. The molecule has 14 heavy (non-hydrogen) atoms. The van der Waals surface area contributed by atoms with Crippen molar-refractivity contribution < 1.29 is 0 Å². The van der Waals surface area contributed by atoms with Crippen molar-refractivity contribution in [2.75, 3.05) is 30.4 Å². The number of hydrogen-bond donors (Lipinski definition) is 1. The monoisotopic (exact) mass is 232 g/mol. The summed E-state index contributed by atoms with van der Waals surface area (Å²) in [7, 11) is 0. The van der Waals surface area contributed by atoms with Gasteiger partial charge in [-0.25, -0.2) is 0 Å². The normalized spacial score (nSPS) is 10.2. The van der Waals surface area contributed by atoms with E-state index in [0.717, 1.165) is 23.8 Å². The fourth-order valence-electron chi connectivity index (χ4n) is 1.28. The van der Waals surface area contributed by atoms with Gasteiger partial charge in [0.25, 0.3) is 0 Å². The van der Waals surface area contributed by atoms with Gasteiger partial charge in [-0.15, -0.1) is 11.6 Å². The van der Waals surface area contributed by atoms with Crippen LogP contribution in [0.3, 0.4) is 0 Å². The summed E-state index contributed by atoms with van der Waals surface area (Å²) in [6.07, 6.45) is 0. The van der Waals surface area contributed by atoms with E-state index in [1.54, 1.807) is 0 Å². The van der Waals surface area contributed by atoms with Gasteiger partial charge in [-0.2, -0.15) is 0 Å². The maximum absolute atomic E-state index is 5.80. The molecule has 1 aromatic carbocycles. The molecule has 78 valence electrons. The Morgan fingerprint density at radius 1 is 1.14 bits per heavy atom. The fraction of sp³-hybridized carbons (Fsp3) is 0.400. The van der Waals surface area contributed by atoms with Gasteiger partial charge in [0.05, 0.1) is 0 Å². The number of rotatable bonds is 5.